The van der Waals surface area contributed by atoms with E-state index in [-0.39, 0.29) is 11.1 Å². The zero-order valence-electron chi connectivity index (χ0n) is 12.9. The predicted octanol–water partition coefficient (Wildman–Crippen LogP) is 3.38. The van der Waals surface area contributed by atoms with Gasteiger partial charge in [-0.3, -0.25) is 4.79 Å². The summed E-state index contributed by atoms with van der Waals surface area (Å²) < 4.78 is 9.93. The number of para-hydroxylation sites is 1. The Labute approximate surface area is 138 Å². The van der Waals surface area contributed by atoms with Crippen LogP contribution in [0.5, 0.6) is 0 Å². The van der Waals surface area contributed by atoms with Crippen LogP contribution in [0.4, 0.5) is 5.69 Å². The number of hydrogen-bond acceptors (Lipinski definition) is 5. The van der Waals surface area contributed by atoms with Gasteiger partial charge in [-0.15, -0.1) is 0 Å². The first-order valence-electron chi connectivity index (χ1n) is 7.19. The van der Waals surface area contributed by atoms with Gasteiger partial charge >= 0.3 is 5.97 Å². The van der Waals surface area contributed by atoms with Crippen LogP contribution in [0.15, 0.2) is 65.3 Å². The van der Waals surface area contributed by atoms with Gasteiger partial charge in [0.05, 0.1) is 24.6 Å². The maximum Gasteiger partial charge on any atom is 0.339 e. The highest BCUT2D eigenvalue weighted by atomic mass is 16.5. The van der Waals surface area contributed by atoms with Crippen LogP contribution >= 0.6 is 0 Å². The van der Waals surface area contributed by atoms with Crippen molar-refractivity contribution in [2.75, 3.05) is 12.4 Å². The molecule has 2 aromatic carbocycles. The second-order valence-corrected chi connectivity index (χ2v) is 4.93. The van der Waals surface area contributed by atoms with E-state index in [4.69, 9.17) is 9.26 Å². The minimum absolute atomic E-state index is 0.270. The van der Waals surface area contributed by atoms with Crippen molar-refractivity contribution < 1.29 is 18.8 Å². The van der Waals surface area contributed by atoms with Gasteiger partial charge in [0.25, 0.3) is 5.91 Å². The number of carbonyl (C=O) groups is 2. The summed E-state index contributed by atoms with van der Waals surface area (Å²) >= 11 is 0. The number of carbonyl (C=O) groups excluding carboxylic acids is 2. The van der Waals surface area contributed by atoms with E-state index in [1.54, 1.807) is 24.3 Å². The van der Waals surface area contributed by atoms with Gasteiger partial charge in [0.1, 0.15) is 5.56 Å². The van der Waals surface area contributed by atoms with Crippen molar-refractivity contribution >= 4 is 17.6 Å². The SMILES string of the molecule is COC(=O)c1ccccc1NC(=O)c1cnoc1-c1ccccc1. The van der Waals surface area contributed by atoms with Crippen molar-refractivity contribution in [2.45, 2.75) is 0 Å². The third-order valence-electron chi connectivity index (χ3n) is 3.43. The lowest BCUT2D eigenvalue weighted by Gasteiger charge is -2.09. The van der Waals surface area contributed by atoms with Crippen molar-refractivity contribution in [3.63, 3.8) is 0 Å². The second kappa shape index (κ2) is 6.78. The molecule has 0 atom stereocenters. The summed E-state index contributed by atoms with van der Waals surface area (Å²) in [6, 6.07) is 15.8. The van der Waals surface area contributed by atoms with E-state index in [2.05, 4.69) is 10.5 Å². The lowest BCUT2D eigenvalue weighted by molar-refractivity contribution is 0.0602. The average molecular weight is 322 g/mol. The van der Waals surface area contributed by atoms with Gasteiger partial charge in [0.15, 0.2) is 5.76 Å². The minimum Gasteiger partial charge on any atom is -0.465 e. The molecule has 6 nitrogen and oxygen atoms in total. The van der Waals surface area contributed by atoms with Crippen molar-refractivity contribution in [1.29, 1.82) is 0 Å². The molecule has 0 radical (unpaired) electrons. The van der Waals surface area contributed by atoms with E-state index in [1.165, 1.54) is 13.3 Å². The number of aromatic nitrogens is 1. The molecule has 1 aromatic heterocycles. The molecule has 0 aliphatic rings. The Morgan fingerprint density at radius 3 is 2.46 bits per heavy atom. The fourth-order valence-electron chi connectivity index (χ4n) is 2.27. The lowest BCUT2D eigenvalue weighted by Crippen LogP contribution is -2.15. The van der Waals surface area contributed by atoms with Gasteiger partial charge in [-0.05, 0) is 12.1 Å². The molecular weight excluding hydrogens is 308 g/mol. The quantitative estimate of drug-likeness (QED) is 0.745. The number of anilines is 1. The molecule has 0 fully saturated rings. The molecule has 0 aliphatic heterocycles. The summed E-state index contributed by atoms with van der Waals surface area (Å²) in [5, 5.41) is 6.41. The van der Waals surface area contributed by atoms with Crippen molar-refractivity contribution in [1.82, 2.24) is 5.16 Å². The maximum atomic E-state index is 12.6. The first-order chi connectivity index (χ1) is 11.7. The molecular formula is C18H14N2O4. The third-order valence-corrected chi connectivity index (χ3v) is 3.43. The number of ether oxygens (including phenoxy) is 1. The fourth-order valence-corrected chi connectivity index (χ4v) is 2.27. The predicted molar refractivity (Wildman–Crippen MR) is 87.7 cm³/mol. The van der Waals surface area contributed by atoms with Crippen LogP contribution in [0.25, 0.3) is 11.3 Å². The number of benzene rings is 2. The van der Waals surface area contributed by atoms with Gasteiger partial charge in [-0.1, -0.05) is 47.6 Å². The van der Waals surface area contributed by atoms with Crippen LogP contribution in [0.1, 0.15) is 20.7 Å². The largest absolute Gasteiger partial charge is 0.465 e. The molecule has 6 heteroatoms. The first kappa shape index (κ1) is 15.5. The van der Waals surface area contributed by atoms with Gasteiger partial charge in [-0.2, -0.15) is 0 Å². The zero-order valence-corrected chi connectivity index (χ0v) is 12.9. The molecule has 24 heavy (non-hydrogen) atoms. The number of hydrogen-bond donors (Lipinski definition) is 1. The maximum absolute atomic E-state index is 12.6. The molecule has 1 heterocycles. The van der Waals surface area contributed by atoms with Crippen molar-refractivity contribution in [3.05, 3.63) is 71.9 Å². The van der Waals surface area contributed by atoms with E-state index >= 15 is 0 Å². The molecule has 0 bridgehead atoms. The van der Waals surface area contributed by atoms with Crippen LogP contribution in [-0.2, 0) is 4.74 Å². The van der Waals surface area contributed by atoms with Crippen LogP contribution in [0.3, 0.4) is 0 Å². The smallest absolute Gasteiger partial charge is 0.339 e. The molecule has 1 amide bonds. The highest BCUT2D eigenvalue weighted by Crippen LogP contribution is 2.25. The van der Waals surface area contributed by atoms with E-state index in [1.807, 2.05) is 30.3 Å². The average Bonchev–Trinajstić information content (AvgIpc) is 3.12. The summed E-state index contributed by atoms with van der Waals surface area (Å²) in [6.07, 6.45) is 1.35. The molecule has 1 N–H and O–H groups in total. The molecule has 0 unspecified atom stereocenters. The summed E-state index contributed by atoms with van der Waals surface area (Å²) in [7, 11) is 1.29. The number of methoxy groups -OCH3 is 1. The van der Waals surface area contributed by atoms with Crippen LogP contribution < -0.4 is 5.32 Å². The van der Waals surface area contributed by atoms with E-state index < -0.39 is 11.9 Å². The summed E-state index contributed by atoms with van der Waals surface area (Å²) in [5.74, 6) is -0.588. The third kappa shape index (κ3) is 3.03. The highest BCUT2D eigenvalue weighted by molar-refractivity contribution is 6.10. The Morgan fingerprint density at radius 2 is 1.71 bits per heavy atom. The highest BCUT2D eigenvalue weighted by Gasteiger charge is 2.20. The Morgan fingerprint density at radius 1 is 1.00 bits per heavy atom. The number of nitrogens with zero attached hydrogens (tertiary/aromatic N) is 1. The molecule has 120 valence electrons. The van der Waals surface area contributed by atoms with Gasteiger partial charge in [0.2, 0.25) is 0 Å². The van der Waals surface area contributed by atoms with Gasteiger partial charge < -0.3 is 14.6 Å². The molecule has 3 rings (SSSR count). The van der Waals surface area contributed by atoms with E-state index in [0.29, 0.717) is 11.4 Å². The van der Waals surface area contributed by atoms with Crippen LogP contribution in [-0.4, -0.2) is 24.1 Å². The summed E-state index contributed by atoms with van der Waals surface area (Å²) in [5.41, 5.74) is 1.64. The molecule has 0 saturated heterocycles. The summed E-state index contributed by atoms with van der Waals surface area (Å²) in [6.45, 7) is 0. The van der Waals surface area contributed by atoms with E-state index in [0.717, 1.165) is 5.56 Å². The minimum atomic E-state index is -0.528. The Kier molecular flexibility index (Phi) is 4.38. The fraction of sp³-hybridized carbons (Fsp3) is 0.0556. The number of nitrogens with one attached hydrogen (secondary N) is 1. The first-order valence-corrected chi connectivity index (χ1v) is 7.19. The topological polar surface area (TPSA) is 81.4 Å². The molecule has 0 aliphatic carbocycles. The Balaban J connectivity index is 1.90. The van der Waals surface area contributed by atoms with Crippen LogP contribution in [0, 0.1) is 0 Å². The monoisotopic (exact) mass is 322 g/mol. The van der Waals surface area contributed by atoms with Crippen molar-refractivity contribution in [3.8, 4) is 11.3 Å². The second-order valence-electron chi connectivity index (χ2n) is 4.93. The molecule has 3 aromatic rings. The lowest BCUT2D eigenvalue weighted by atomic mass is 10.1. The van der Waals surface area contributed by atoms with Gasteiger partial charge in [-0.25, -0.2) is 4.79 Å². The number of esters is 1. The van der Waals surface area contributed by atoms with Crippen LogP contribution in [0.2, 0.25) is 0 Å². The summed E-state index contributed by atoms with van der Waals surface area (Å²) in [4.78, 5) is 24.4. The standard InChI is InChI=1S/C18H14N2O4/c1-23-18(22)13-9-5-6-10-15(13)20-17(21)14-11-19-24-16(14)12-7-3-2-4-8-12/h2-11H,1H3,(H,20,21). The Bertz CT molecular complexity index is 871. The normalized spacial score (nSPS) is 10.2. The molecule has 0 saturated carbocycles. The number of amides is 1. The molecule has 0 spiro atoms. The van der Waals surface area contributed by atoms with E-state index in [9.17, 15) is 9.59 Å². The number of rotatable bonds is 4. The van der Waals surface area contributed by atoms with Gasteiger partial charge in [0, 0.05) is 5.56 Å². The Hall–Kier alpha value is -3.41. The zero-order chi connectivity index (χ0) is 16.9. The van der Waals surface area contributed by atoms with Crippen molar-refractivity contribution in [2.24, 2.45) is 0 Å².